The lowest BCUT2D eigenvalue weighted by Gasteiger charge is -2.34. The fraction of sp³-hybridized carbons (Fsp3) is 0.500. The van der Waals surface area contributed by atoms with Crippen LogP contribution in [0.3, 0.4) is 0 Å². The number of aliphatic hydroxyl groups is 1. The second-order valence-corrected chi connectivity index (χ2v) is 5.28. The molecule has 4 heteroatoms. The molecule has 0 bridgehead atoms. The van der Waals surface area contributed by atoms with Gasteiger partial charge in [0.05, 0.1) is 12.1 Å². The molecule has 1 aromatic carbocycles. The average Bonchev–Trinajstić information content (AvgIpc) is 2.37. The van der Waals surface area contributed by atoms with Crippen LogP contribution >= 0.6 is 0 Å². The van der Waals surface area contributed by atoms with Crippen LogP contribution in [-0.2, 0) is 0 Å². The molecule has 0 spiro atoms. The number of hydrogen-bond donors (Lipinski definition) is 1. The first-order valence-corrected chi connectivity index (χ1v) is 5.96. The summed E-state index contributed by atoms with van der Waals surface area (Å²) in [5.41, 5.74) is 1.12. The van der Waals surface area contributed by atoms with E-state index in [0.29, 0.717) is 5.56 Å². The Balaban J connectivity index is 2.91. The maximum Gasteiger partial charge on any atom is 0.254 e. The van der Waals surface area contributed by atoms with E-state index in [0.717, 1.165) is 5.69 Å². The van der Waals surface area contributed by atoms with Crippen molar-refractivity contribution < 1.29 is 9.90 Å². The molecule has 100 valence electrons. The van der Waals surface area contributed by atoms with Gasteiger partial charge in [-0.3, -0.25) is 4.79 Å². The lowest BCUT2D eigenvalue weighted by atomic mass is 10.0. The topological polar surface area (TPSA) is 43.8 Å². The van der Waals surface area contributed by atoms with Crippen LogP contribution in [-0.4, -0.2) is 49.2 Å². The van der Waals surface area contributed by atoms with E-state index in [1.165, 1.54) is 0 Å². The molecular formula is C14H22N2O2. The molecule has 1 N–H and O–H groups in total. The Bertz CT molecular complexity index is 410. The lowest BCUT2D eigenvalue weighted by molar-refractivity contribution is 0.0473. The molecule has 18 heavy (non-hydrogen) atoms. The summed E-state index contributed by atoms with van der Waals surface area (Å²) in [7, 11) is 5.62. The highest BCUT2D eigenvalue weighted by Crippen LogP contribution is 2.17. The standard InChI is InChI=1S/C14H22N2O2/c1-14(2,10-17)16(5)13(18)11-6-8-12(9-7-11)15(3)4/h6-9,17H,10H2,1-5H3. The van der Waals surface area contributed by atoms with E-state index in [4.69, 9.17) is 0 Å². The van der Waals surface area contributed by atoms with E-state index in [9.17, 15) is 9.90 Å². The summed E-state index contributed by atoms with van der Waals surface area (Å²) in [5.74, 6) is -0.0839. The van der Waals surface area contributed by atoms with Crippen molar-refractivity contribution in [2.75, 3.05) is 32.6 Å². The summed E-state index contributed by atoms with van der Waals surface area (Å²) in [5, 5.41) is 9.28. The number of hydrogen-bond acceptors (Lipinski definition) is 3. The van der Waals surface area contributed by atoms with Crippen molar-refractivity contribution in [2.24, 2.45) is 0 Å². The van der Waals surface area contributed by atoms with Gasteiger partial charge in [0, 0.05) is 32.4 Å². The zero-order valence-corrected chi connectivity index (χ0v) is 11.8. The predicted octanol–water partition coefficient (Wildman–Crippen LogP) is 1.60. The Labute approximate surface area is 109 Å². The monoisotopic (exact) mass is 250 g/mol. The number of carbonyl (C=O) groups excluding carboxylic acids is 1. The van der Waals surface area contributed by atoms with Gasteiger partial charge in [0.25, 0.3) is 5.91 Å². The van der Waals surface area contributed by atoms with Gasteiger partial charge in [-0.1, -0.05) is 0 Å². The molecule has 0 aliphatic rings. The molecular weight excluding hydrogens is 228 g/mol. The van der Waals surface area contributed by atoms with Crippen LogP contribution in [0.4, 0.5) is 5.69 Å². The third-order valence-electron chi connectivity index (χ3n) is 3.23. The molecule has 0 saturated carbocycles. The molecule has 0 saturated heterocycles. The maximum atomic E-state index is 12.2. The van der Waals surface area contributed by atoms with Crippen LogP contribution in [0.5, 0.6) is 0 Å². The number of nitrogens with zero attached hydrogens (tertiary/aromatic N) is 2. The first-order valence-electron chi connectivity index (χ1n) is 5.96. The fourth-order valence-electron chi connectivity index (χ4n) is 1.48. The van der Waals surface area contributed by atoms with Crippen LogP contribution in [0, 0.1) is 0 Å². The minimum atomic E-state index is -0.558. The van der Waals surface area contributed by atoms with Crippen molar-refractivity contribution in [3.63, 3.8) is 0 Å². The SMILES string of the molecule is CN(C)c1ccc(C(=O)N(C)C(C)(C)CO)cc1. The first-order chi connectivity index (χ1) is 8.29. The number of anilines is 1. The molecule has 0 radical (unpaired) electrons. The van der Waals surface area contributed by atoms with Crippen molar-refractivity contribution >= 4 is 11.6 Å². The Kier molecular flexibility index (Phi) is 4.35. The Morgan fingerprint density at radius 2 is 1.67 bits per heavy atom. The van der Waals surface area contributed by atoms with Crippen LogP contribution in [0.25, 0.3) is 0 Å². The molecule has 0 aromatic heterocycles. The van der Waals surface area contributed by atoms with Crippen LogP contribution in [0.15, 0.2) is 24.3 Å². The summed E-state index contributed by atoms with van der Waals surface area (Å²) < 4.78 is 0. The Morgan fingerprint density at radius 3 is 2.06 bits per heavy atom. The molecule has 4 nitrogen and oxygen atoms in total. The minimum absolute atomic E-state index is 0.0645. The Morgan fingerprint density at radius 1 is 1.17 bits per heavy atom. The average molecular weight is 250 g/mol. The van der Waals surface area contributed by atoms with E-state index in [1.807, 2.05) is 57.1 Å². The molecule has 1 aromatic rings. The van der Waals surface area contributed by atoms with E-state index in [2.05, 4.69) is 0 Å². The largest absolute Gasteiger partial charge is 0.394 e. The number of amides is 1. The van der Waals surface area contributed by atoms with Gasteiger partial charge in [-0.15, -0.1) is 0 Å². The Hall–Kier alpha value is -1.55. The van der Waals surface area contributed by atoms with Gasteiger partial charge in [-0.25, -0.2) is 0 Å². The highest BCUT2D eigenvalue weighted by Gasteiger charge is 2.27. The molecule has 0 fully saturated rings. The molecule has 0 atom stereocenters. The van der Waals surface area contributed by atoms with Gasteiger partial charge in [0.15, 0.2) is 0 Å². The second kappa shape index (κ2) is 5.40. The van der Waals surface area contributed by atoms with Gasteiger partial charge in [0.1, 0.15) is 0 Å². The summed E-state index contributed by atoms with van der Waals surface area (Å²) in [6, 6.07) is 7.43. The number of benzene rings is 1. The van der Waals surface area contributed by atoms with E-state index in [1.54, 1.807) is 11.9 Å². The van der Waals surface area contributed by atoms with Crippen molar-refractivity contribution in [1.29, 1.82) is 0 Å². The van der Waals surface area contributed by atoms with Crippen LogP contribution in [0.1, 0.15) is 24.2 Å². The summed E-state index contributed by atoms with van der Waals surface area (Å²) >= 11 is 0. The normalized spacial score (nSPS) is 11.2. The van der Waals surface area contributed by atoms with Crippen LogP contribution in [0.2, 0.25) is 0 Å². The van der Waals surface area contributed by atoms with E-state index in [-0.39, 0.29) is 12.5 Å². The first kappa shape index (κ1) is 14.5. The summed E-state index contributed by atoms with van der Waals surface area (Å²) in [4.78, 5) is 15.8. The highest BCUT2D eigenvalue weighted by molar-refractivity contribution is 5.94. The van der Waals surface area contributed by atoms with Gasteiger partial charge >= 0.3 is 0 Å². The smallest absolute Gasteiger partial charge is 0.254 e. The van der Waals surface area contributed by atoms with Crippen molar-refractivity contribution in [3.8, 4) is 0 Å². The quantitative estimate of drug-likeness (QED) is 0.882. The molecule has 1 rings (SSSR count). The molecule has 0 aliphatic carbocycles. The van der Waals surface area contributed by atoms with Crippen LogP contribution < -0.4 is 4.90 Å². The van der Waals surface area contributed by atoms with Crippen molar-refractivity contribution in [3.05, 3.63) is 29.8 Å². The fourth-order valence-corrected chi connectivity index (χ4v) is 1.48. The highest BCUT2D eigenvalue weighted by atomic mass is 16.3. The second-order valence-electron chi connectivity index (χ2n) is 5.28. The zero-order chi connectivity index (χ0) is 13.9. The number of rotatable bonds is 4. The number of aliphatic hydroxyl groups excluding tert-OH is 1. The predicted molar refractivity (Wildman–Crippen MR) is 74.0 cm³/mol. The minimum Gasteiger partial charge on any atom is -0.394 e. The van der Waals surface area contributed by atoms with Gasteiger partial charge < -0.3 is 14.9 Å². The number of likely N-dealkylation sites (N-methyl/N-ethyl adjacent to an activating group) is 1. The van der Waals surface area contributed by atoms with Gasteiger partial charge in [-0.05, 0) is 38.1 Å². The van der Waals surface area contributed by atoms with Crippen molar-refractivity contribution in [2.45, 2.75) is 19.4 Å². The third kappa shape index (κ3) is 3.01. The summed E-state index contributed by atoms with van der Waals surface area (Å²) in [6.07, 6.45) is 0. The van der Waals surface area contributed by atoms with Crippen molar-refractivity contribution in [1.82, 2.24) is 4.90 Å². The summed E-state index contributed by atoms with van der Waals surface area (Å²) in [6.45, 7) is 3.60. The maximum absolute atomic E-state index is 12.2. The third-order valence-corrected chi connectivity index (χ3v) is 3.23. The van der Waals surface area contributed by atoms with E-state index < -0.39 is 5.54 Å². The lowest BCUT2D eigenvalue weighted by Crippen LogP contribution is -2.47. The van der Waals surface area contributed by atoms with Gasteiger partial charge in [-0.2, -0.15) is 0 Å². The molecule has 0 unspecified atom stereocenters. The number of carbonyl (C=O) groups is 1. The zero-order valence-electron chi connectivity index (χ0n) is 11.8. The molecule has 1 amide bonds. The molecule has 0 heterocycles. The molecule has 0 aliphatic heterocycles. The van der Waals surface area contributed by atoms with Gasteiger partial charge in [0.2, 0.25) is 0 Å². The van der Waals surface area contributed by atoms with E-state index >= 15 is 0 Å².